The lowest BCUT2D eigenvalue weighted by molar-refractivity contribution is -0.166. The van der Waals surface area contributed by atoms with Crippen LogP contribution in [-0.4, -0.2) is 46.4 Å². The number of fused-ring (bicyclic) bond motifs is 1. The molecule has 0 saturated carbocycles. The van der Waals surface area contributed by atoms with Crippen molar-refractivity contribution >= 4 is 17.9 Å². The number of hydrogen-bond donors (Lipinski definition) is 2. The van der Waals surface area contributed by atoms with E-state index in [-0.39, 0.29) is 48.1 Å². The van der Waals surface area contributed by atoms with E-state index in [0.717, 1.165) is 5.57 Å². The Labute approximate surface area is 196 Å². The van der Waals surface area contributed by atoms with E-state index in [9.17, 15) is 24.6 Å². The molecule has 0 amide bonds. The van der Waals surface area contributed by atoms with E-state index in [1.165, 1.54) is 0 Å². The average molecular weight is 463 g/mol. The van der Waals surface area contributed by atoms with Gasteiger partial charge in [0.05, 0.1) is 17.9 Å². The van der Waals surface area contributed by atoms with Crippen molar-refractivity contribution in [2.24, 2.45) is 29.1 Å². The van der Waals surface area contributed by atoms with Crippen LogP contribution in [0, 0.1) is 29.1 Å². The highest BCUT2D eigenvalue weighted by atomic mass is 16.6. The predicted octanol–water partition coefficient (Wildman–Crippen LogP) is 4.04. The molecule has 1 aliphatic heterocycles. The van der Waals surface area contributed by atoms with Crippen LogP contribution in [0.4, 0.5) is 0 Å². The second kappa shape index (κ2) is 10.00. The van der Waals surface area contributed by atoms with Crippen LogP contribution in [0.15, 0.2) is 23.3 Å². The third kappa shape index (κ3) is 5.51. The van der Waals surface area contributed by atoms with Crippen molar-refractivity contribution in [3.8, 4) is 0 Å². The Morgan fingerprint density at radius 1 is 1.21 bits per heavy atom. The Hall–Kier alpha value is -2.15. The smallest absolute Gasteiger partial charge is 0.332 e. The van der Waals surface area contributed by atoms with Gasteiger partial charge < -0.3 is 19.7 Å². The summed E-state index contributed by atoms with van der Waals surface area (Å²) in [4.78, 5) is 36.9. The van der Waals surface area contributed by atoms with Crippen LogP contribution in [-0.2, 0) is 23.9 Å². The zero-order valence-electron chi connectivity index (χ0n) is 20.4. The van der Waals surface area contributed by atoms with Crippen molar-refractivity contribution in [2.45, 2.75) is 91.5 Å². The molecule has 0 unspecified atom stereocenters. The molecule has 33 heavy (non-hydrogen) atoms. The topological polar surface area (TPSA) is 110 Å². The zero-order chi connectivity index (χ0) is 24.5. The number of rotatable bonds is 7. The number of allylic oxidation sites excluding steroid dienone is 2. The molecule has 0 aromatic carbocycles. The first kappa shape index (κ1) is 25.5. The van der Waals surface area contributed by atoms with E-state index in [0.29, 0.717) is 37.7 Å². The number of carbonyl (C=O) groups excluding carboxylic acids is 2. The molecule has 0 radical (unpaired) electrons. The minimum atomic E-state index is -0.927. The largest absolute Gasteiger partial charge is 0.478 e. The number of aliphatic hydroxyl groups is 1. The summed E-state index contributed by atoms with van der Waals surface area (Å²) >= 11 is 0. The van der Waals surface area contributed by atoms with Gasteiger partial charge in [-0.1, -0.05) is 32.9 Å². The number of ether oxygens (including phenoxy) is 2. The summed E-state index contributed by atoms with van der Waals surface area (Å²) in [5.74, 6) is -1.85. The van der Waals surface area contributed by atoms with E-state index >= 15 is 0 Å². The van der Waals surface area contributed by atoms with Gasteiger partial charge in [-0.05, 0) is 62.9 Å². The molecule has 1 heterocycles. The van der Waals surface area contributed by atoms with Crippen molar-refractivity contribution in [2.75, 3.05) is 0 Å². The molecule has 3 rings (SSSR count). The molecule has 0 aromatic heterocycles. The Bertz CT molecular complexity index is 840. The predicted molar refractivity (Wildman–Crippen MR) is 122 cm³/mol. The van der Waals surface area contributed by atoms with Crippen LogP contribution in [0.2, 0.25) is 0 Å². The third-order valence-electron chi connectivity index (χ3n) is 7.85. The molecule has 7 atom stereocenters. The van der Waals surface area contributed by atoms with E-state index in [1.54, 1.807) is 0 Å². The summed E-state index contributed by atoms with van der Waals surface area (Å²) in [7, 11) is 0. The average Bonchev–Trinajstić information content (AvgIpc) is 2.72. The van der Waals surface area contributed by atoms with E-state index in [2.05, 4.69) is 6.92 Å². The molecule has 0 spiro atoms. The van der Waals surface area contributed by atoms with Gasteiger partial charge >= 0.3 is 17.9 Å². The van der Waals surface area contributed by atoms with Gasteiger partial charge in [-0.15, -0.1) is 0 Å². The standard InChI is InChI=1S/C26H38O7/c1-6-26(4,5)25(31)33-20-11-15(3)22(24(29)30)19-9-7-14(2)18(23(19)20)10-8-17-12-16(27)13-21(28)32-17/h7,9,14-18,20,23,27H,6,8,10-13H2,1-5H3,(H,29,30)/t14-,15+,16+,17+,18-,20-,23+/m0/s1. The second-order valence-electron chi connectivity index (χ2n) is 10.7. The molecular weight excluding hydrogens is 424 g/mol. The van der Waals surface area contributed by atoms with Crippen LogP contribution in [0.1, 0.15) is 73.1 Å². The lowest BCUT2D eigenvalue weighted by Gasteiger charge is -2.45. The molecule has 1 saturated heterocycles. The molecule has 0 aromatic rings. The number of aliphatic hydroxyl groups excluding tert-OH is 1. The summed E-state index contributed by atoms with van der Waals surface area (Å²) in [6, 6.07) is 0. The summed E-state index contributed by atoms with van der Waals surface area (Å²) in [6.07, 6.45) is 5.31. The first-order valence-electron chi connectivity index (χ1n) is 12.2. The minimum Gasteiger partial charge on any atom is -0.478 e. The second-order valence-corrected chi connectivity index (χ2v) is 10.7. The third-order valence-corrected chi connectivity index (χ3v) is 7.85. The molecule has 0 bridgehead atoms. The molecule has 7 nitrogen and oxygen atoms in total. The Morgan fingerprint density at radius 3 is 2.52 bits per heavy atom. The highest BCUT2D eigenvalue weighted by Crippen LogP contribution is 2.48. The van der Waals surface area contributed by atoms with Crippen LogP contribution in [0.5, 0.6) is 0 Å². The van der Waals surface area contributed by atoms with Gasteiger partial charge in [-0.2, -0.15) is 0 Å². The number of cyclic esters (lactones) is 1. The maximum atomic E-state index is 13.0. The number of esters is 2. The molecule has 1 fully saturated rings. The Morgan fingerprint density at radius 2 is 1.91 bits per heavy atom. The van der Waals surface area contributed by atoms with Gasteiger partial charge in [0.25, 0.3) is 0 Å². The number of hydrogen-bond acceptors (Lipinski definition) is 6. The van der Waals surface area contributed by atoms with Gasteiger partial charge in [-0.3, -0.25) is 9.59 Å². The van der Waals surface area contributed by atoms with Crippen LogP contribution >= 0.6 is 0 Å². The van der Waals surface area contributed by atoms with Crippen molar-refractivity contribution < 1.29 is 34.1 Å². The molecule has 2 N–H and O–H groups in total. The van der Waals surface area contributed by atoms with Crippen LogP contribution < -0.4 is 0 Å². The minimum absolute atomic E-state index is 0.0275. The van der Waals surface area contributed by atoms with Crippen LogP contribution in [0.25, 0.3) is 0 Å². The van der Waals surface area contributed by atoms with Gasteiger partial charge in [0.2, 0.25) is 0 Å². The van der Waals surface area contributed by atoms with Gasteiger partial charge in [0, 0.05) is 17.9 Å². The quantitative estimate of drug-likeness (QED) is 0.549. The SMILES string of the molecule is CCC(C)(C)C(=O)O[C@H]1C[C@@H](C)C(C(=O)O)=C2C=C[C@H](C)[C@H](CC[C@@H]3C[C@@H](O)CC(=O)O3)[C@H]21. The zero-order valence-corrected chi connectivity index (χ0v) is 20.4. The van der Waals surface area contributed by atoms with Crippen molar-refractivity contribution in [1.82, 2.24) is 0 Å². The van der Waals surface area contributed by atoms with E-state index < -0.39 is 23.6 Å². The van der Waals surface area contributed by atoms with Gasteiger partial charge in [0.1, 0.15) is 12.2 Å². The Kier molecular flexibility index (Phi) is 7.72. The summed E-state index contributed by atoms with van der Waals surface area (Å²) in [5, 5.41) is 19.9. The fourth-order valence-electron chi connectivity index (χ4n) is 5.47. The van der Waals surface area contributed by atoms with Crippen molar-refractivity contribution in [3.63, 3.8) is 0 Å². The summed E-state index contributed by atoms with van der Waals surface area (Å²) < 4.78 is 11.5. The number of carboxylic acids is 1. The molecule has 7 heteroatoms. The van der Waals surface area contributed by atoms with Crippen LogP contribution in [0.3, 0.4) is 0 Å². The molecule has 3 aliphatic rings. The number of carbonyl (C=O) groups is 3. The van der Waals surface area contributed by atoms with Crippen molar-refractivity contribution in [3.05, 3.63) is 23.3 Å². The fraction of sp³-hybridized carbons (Fsp3) is 0.731. The first-order valence-corrected chi connectivity index (χ1v) is 12.2. The maximum Gasteiger partial charge on any atom is 0.332 e. The van der Waals surface area contributed by atoms with Gasteiger partial charge in [-0.25, -0.2) is 4.79 Å². The van der Waals surface area contributed by atoms with Gasteiger partial charge in [0.15, 0.2) is 0 Å². The number of carboxylic acid groups (broad SMARTS) is 1. The maximum absolute atomic E-state index is 13.0. The lowest BCUT2D eigenvalue weighted by atomic mass is 9.63. The van der Waals surface area contributed by atoms with Crippen molar-refractivity contribution in [1.29, 1.82) is 0 Å². The molecule has 184 valence electrons. The number of aliphatic carboxylic acids is 1. The van der Waals surface area contributed by atoms with E-state index in [1.807, 2.05) is 39.8 Å². The first-order chi connectivity index (χ1) is 15.4. The normalized spacial score (nSPS) is 34.5. The molecule has 2 aliphatic carbocycles. The summed E-state index contributed by atoms with van der Waals surface area (Å²) in [6.45, 7) is 9.65. The summed E-state index contributed by atoms with van der Waals surface area (Å²) in [5.41, 5.74) is 0.532. The highest BCUT2D eigenvalue weighted by molar-refractivity contribution is 5.89. The fourth-order valence-corrected chi connectivity index (χ4v) is 5.47. The van der Waals surface area contributed by atoms with E-state index in [4.69, 9.17) is 9.47 Å². The Balaban J connectivity index is 1.90. The lowest BCUT2D eigenvalue weighted by Crippen LogP contribution is -2.45. The highest BCUT2D eigenvalue weighted by Gasteiger charge is 2.46. The monoisotopic (exact) mass is 462 g/mol. The molecular formula is C26H38O7.